The Morgan fingerprint density at radius 3 is 2.17 bits per heavy atom. The number of carbonyl (C=O) groups excluding carboxylic acids is 1. The van der Waals surface area contributed by atoms with E-state index < -0.39 is 10.0 Å². The predicted octanol–water partition coefficient (Wildman–Crippen LogP) is 2.79. The molecule has 1 aliphatic rings. The van der Waals surface area contributed by atoms with E-state index in [-0.39, 0.29) is 17.7 Å². The van der Waals surface area contributed by atoms with E-state index in [0.29, 0.717) is 32.7 Å². The van der Waals surface area contributed by atoms with E-state index in [9.17, 15) is 13.2 Å². The van der Waals surface area contributed by atoms with Crippen LogP contribution >= 0.6 is 0 Å². The molecule has 1 heterocycles. The van der Waals surface area contributed by atoms with Crippen molar-refractivity contribution in [3.05, 3.63) is 71.8 Å². The van der Waals surface area contributed by atoms with Crippen LogP contribution < -0.4 is 5.32 Å². The van der Waals surface area contributed by atoms with Gasteiger partial charge in [-0.2, -0.15) is 4.31 Å². The summed E-state index contributed by atoms with van der Waals surface area (Å²) in [6.07, 6.45) is 1.87. The van der Waals surface area contributed by atoms with Gasteiger partial charge in [-0.3, -0.25) is 9.69 Å². The maximum Gasteiger partial charge on any atom is 0.234 e. The van der Waals surface area contributed by atoms with E-state index >= 15 is 0 Å². The Hall–Kier alpha value is -2.22. The molecule has 0 unspecified atom stereocenters. The zero-order chi connectivity index (χ0) is 21.4. The van der Waals surface area contributed by atoms with Crippen LogP contribution in [0, 0.1) is 0 Å². The maximum absolute atomic E-state index is 12.7. The number of carbonyl (C=O) groups is 1. The van der Waals surface area contributed by atoms with Crippen molar-refractivity contribution in [1.29, 1.82) is 0 Å². The Labute approximate surface area is 179 Å². The molecule has 0 aliphatic carbocycles. The Kier molecular flexibility index (Phi) is 8.01. The molecule has 6 nitrogen and oxygen atoms in total. The molecule has 7 heteroatoms. The number of rotatable bonds is 9. The number of hydrogen-bond acceptors (Lipinski definition) is 4. The van der Waals surface area contributed by atoms with Crippen molar-refractivity contribution in [2.24, 2.45) is 0 Å². The number of piperazine rings is 1. The van der Waals surface area contributed by atoms with Gasteiger partial charge in [0.25, 0.3) is 0 Å². The summed E-state index contributed by atoms with van der Waals surface area (Å²) in [6.45, 7) is 4.35. The van der Waals surface area contributed by atoms with Crippen LogP contribution in [0.15, 0.2) is 60.7 Å². The van der Waals surface area contributed by atoms with E-state index in [1.54, 1.807) is 0 Å². The smallest absolute Gasteiger partial charge is 0.234 e. The van der Waals surface area contributed by atoms with E-state index in [0.717, 1.165) is 24.0 Å². The highest BCUT2D eigenvalue weighted by molar-refractivity contribution is 7.88. The van der Waals surface area contributed by atoms with Gasteiger partial charge in [-0.15, -0.1) is 0 Å². The number of nitrogens with one attached hydrogen (secondary N) is 1. The summed E-state index contributed by atoms with van der Waals surface area (Å²) in [7, 11) is -3.34. The lowest BCUT2D eigenvalue weighted by Crippen LogP contribution is -2.51. The van der Waals surface area contributed by atoms with Gasteiger partial charge in [-0.05, 0) is 17.5 Å². The topological polar surface area (TPSA) is 69.7 Å². The van der Waals surface area contributed by atoms with Crippen molar-refractivity contribution in [2.75, 3.05) is 32.7 Å². The number of sulfonamides is 1. The molecule has 0 bridgehead atoms. The van der Waals surface area contributed by atoms with Crippen LogP contribution in [-0.4, -0.2) is 56.3 Å². The molecule has 30 heavy (non-hydrogen) atoms. The van der Waals surface area contributed by atoms with Crippen LogP contribution in [-0.2, 0) is 20.6 Å². The number of benzene rings is 2. The van der Waals surface area contributed by atoms with Gasteiger partial charge in [0.05, 0.1) is 18.3 Å². The summed E-state index contributed by atoms with van der Waals surface area (Å²) in [6, 6.07) is 19.3. The molecule has 1 amide bonds. The normalized spacial score (nSPS) is 16.8. The summed E-state index contributed by atoms with van der Waals surface area (Å²) < 4.78 is 26.9. The van der Waals surface area contributed by atoms with Gasteiger partial charge >= 0.3 is 0 Å². The van der Waals surface area contributed by atoms with Gasteiger partial charge in [0.2, 0.25) is 15.9 Å². The third-order valence-corrected chi connectivity index (χ3v) is 7.25. The van der Waals surface area contributed by atoms with Gasteiger partial charge in [-0.1, -0.05) is 74.0 Å². The minimum Gasteiger partial charge on any atom is -0.348 e. The Bertz CT molecular complexity index is 896. The van der Waals surface area contributed by atoms with Crippen LogP contribution in [0.5, 0.6) is 0 Å². The van der Waals surface area contributed by atoms with Crippen LogP contribution in [0.1, 0.15) is 36.9 Å². The van der Waals surface area contributed by atoms with Crippen molar-refractivity contribution in [2.45, 2.75) is 31.6 Å². The zero-order valence-electron chi connectivity index (χ0n) is 17.5. The summed E-state index contributed by atoms with van der Waals surface area (Å²) >= 11 is 0. The van der Waals surface area contributed by atoms with Crippen molar-refractivity contribution in [3.8, 4) is 0 Å². The quantitative estimate of drug-likeness (QED) is 0.666. The zero-order valence-corrected chi connectivity index (χ0v) is 18.4. The fourth-order valence-corrected chi connectivity index (χ4v) is 5.30. The molecule has 3 rings (SSSR count). The number of hydrogen-bond donors (Lipinski definition) is 1. The van der Waals surface area contributed by atoms with E-state index in [1.807, 2.05) is 65.6 Å². The van der Waals surface area contributed by atoms with Gasteiger partial charge in [0.15, 0.2) is 0 Å². The van der Waals surface area contributed by atoms with Crippen molar-refractivity contribution < 1.29 is 13.2 Å². The monoisotopic (exact) mass is 429 g/mol. The van der Waals surface area contributed by atoms with Crippen molar-refractivity contribution in [3.63, 3.8) is 0 Å². The first-order valence-corrected chi connectivity index (χ1v) is 12.2. The Morgan fingerprint density at radius 2 is 1.57 bits per heavy atom. The van der Waals surface area contributed by atoms with Gasteiger partial charge in [0, 0.05) is 26.2 Å². The van der Waals surface area contributed by atoms with Crippen LogP contribution in [0.4, 0.5) is 0 Å². The average molecular weight is 430 g/mol. The molecule has 1 atom stereocenters. The molecule has 2 aromatic carbocycles. The van der Waals surface area contributed by atoms with Crippen molar-refractivity contribution in [1.82, 2.24) is 14.5 Å². The Balaban J connectivity index is 1.49. The molecule has 0 radical (unpaired) electrons. The first-order chi connectivity index (χ1) is 14.5. The lowest BCUT2D eigenvalue weighted by Gasteiger charge is -2.34. The minimum absolute atomic E-state index is 0.0104. The maximum atomic E-state index is 12.7. The van der Waals surface area contributed by atoms with Crippen LogP contribution in [0.2, 0.25) is 0 Å². The highest BCUT2D eigenvalue weighted by atomic mass is 32.2. The molecule has 1 saturated heterocycles. The van der Waals surface area contributed by atoms with Crippen LogP contribution in [0.3, 0.4) is 0 Å². The summed E-state index contributed by atoms with van der Waals surface area (Å²) in [5, 5.41) is 3.14. The van der Waals surface area contributed by atoms with Gasteiger partial charge in [0.1, 0.15) is 0 Å². The van der Waals surface area contributed by atoms with E-state index in [2.05, 4.69) is 12.2 Å². The van der Waals surface area contributed by atoms with Gasteiger partial charge in [-0.25, -0.2) is 8.42 Å². The molecule has 0 aromatic heterocycles. The summed E-state index contributed by atoms with van der Waals surface area (Å²) in [5.41, 5.74) is 1.91. The predicted molar refractivity (Wildman–Crippen MR) is 119 cm³/mol. The summed E-state index contributed by atoms with van der Waals surface area (Å²) in [4.78, 5) is 14.6. The third-order valence-electron chi connectivity index (χ3n) is 5.40. The van der Waals surface area contributed by atoms with E-state index in [4.69, 9.17) is 0 Å². The second-order valence-corrected chi connectivity index (χ2v) is 9.71. The molecule has 1 N–H and O–H groups in total. The highest BCUT2D eigenvalue weighted by Gasteiger charge is 2.28. The molecule has 1 fully saturated rings. The Morgan fingerprint density at radius 1 is 0.967 bits per heavy atom. The molecule has 1 aliphatic heterocycles. The average Bonchev–Trinajstić information content (AvgIpc) is 2.75. The number of nitrogens with zero attached hydrogens (tertiary/aromatic N) is 2. The molecule has 2 aromatic rings. The molecular weight excluding hydrogens is 398 g/mol. The minimum atomic E-state index is -3.34. The fraction of sp³-hybridized carbons (Fsp3) is 0.435. The first-order valence-electron chi connectivity index (χ1n) is 10.6. The first kappa shape index (κ1) is 22.5. The molecule has 0 saturated carbocycles. The lowest BCUT2D eigenvalue weighted by molar-refractivity contribution is -0.123. The molecule has 0 spiro atoms. The third kappa shape index (κ3) is 6.39. The van der Waals surface area contributed by atoms with Crippen molar-refractivity contribution >= 4 is 15.9 Å². The lowest BCUT2D eigenvalue weighted by atomic mass is 10.0. The largest absolute Gasteiger partial charge is 0.348 e. The number of amides is 1. The second kappa shape index (κ2) is 10.7. The van der Waals surface area contributed by atoms with Crippen LogP contribution in [0.25, 0.3) is 0 Å². The van der Waals surface area contributed by atoms with E-state index in [1.165, 1.54) is 4.31 Å². The highest BCUT2D eigenvalue weighted by Crippen LogP contribution is 2.18. The second-order valence-electron chi connectivity index (χ2n) is 7.74. The fourth-order valence-electron chi connectivity index (χ4n) is 3.78. The standard InChI is InChI=1S/C23H31N3O3S/c1-2-9-22(21-12-7-4-8-13-21)24-23(27)18-25-14-16-26(17-15-25)30(28,29)19-20-10-5-3-6-11-20/h3-8,10-13,22H,2,9,14-19H2,1H3,(H,24,27)/t22-/m0/s1. The van der Waals surface area contributed by atoms with Gasteiger partial charge < -0.3 is 5.32 Å². The molecule has 162 valence electrons. The summed E-state index contributed by atoms with van der Waals surface area (Å²) in [5.74, 6) is 0.00212. The SMILES string of the molecule is CCC[C@H](NC(=O)CN1CCN(S(=O)(=O)Cc2ccccc2)CC1)c1ccccc1. The molecular formula is C23H31N3O3S.